The topological polar surface area (TPSA) is 31.2 Å². The highest BCUT2D eigenvalue weighted by Crippen LogP contribution is 2.16. The molecular weight excluding hydrogens is 262 g/mol. The molecule has 19 heavy (non-hydrogen) atoms. The third-order valence-electron chi connectivity index (χ3n) is 2.90. The first kappa shape index (κ1) is 13.7. The van der Waals surface area contributed by atoms with Crippen molar-refractivity contribution in [2.75, 3.05) is 6.61 Å². The second kappa shape index (κ2) is 5.93. The smallest absolute Gasteiger partial charge is 0.355 e. The van der Waals surface area contributed by atoms with Crippen LogP contribution in [0.3, 0.4) is 0 Å². The van der Waals surface area contributed by atoms with Crippen LogP contribution in [0.5, 0.6) is 0 Å². The molecule has 0 atom stereocenters. The third kappa shape index (κ3) is 3.18. The Hall–Kier alpha value is -1.74. The molecule has 2 rings (SSSR count). The fourth-order valence-electron chi connectivity index (χ4n) is 1.98. The number of benzene rings is 1. The number of rotatable bonds is 4. The van der Waals surface area contributed by atoms with Gasteiger partial charge in [-0.15, -0.1) is 0 Å². The van der Waals surface area contributed by atoms with E-state index >= 15 is 0 Å². The lowest BCUT2D eigenvalue weighted by molar-refractivity contribution is 0.0513. The second-order valence-electron chi connectivity index (χ2n) is 4.32. The van der Waals surface area contributed by atoms with Crippen LogP contribution in [0.2, 0.25) is 5.02 Å². The summed E-state index contributed by atoms with van der Waals surface area (Å²) in [6.45, 7) is 4.72. The molecule has 0 aliphatic carbocycles. The van der Waals surface area contributed by atoms with E-state index in [-0.39, 0.29) is 5.97 Å². The Kier molecular flexibility index (Phi) is 4.27. The van der Waals surface area contributed by atoms with Crippen LogP contribution in [0.25, 0.3) is 0 Å². The SMILES string of the molecule is CCOC(=O)c1c(C)ccn1Cc1ccc(Cl)cc1. The number of carbonyl (C=O) groups excluding carboxylic acids is 1. The van der Waals surface area contributed by atoms with Crippen LogP contribution in [-0.2, 0) is 11.3 Å². The molecule has 3 nitrogen and oxygen atoms in total. The van der Waals surface area contributed by atoms with Crippen LogP contribution in [0.4, 0.5) is 0 Å². The molecule has 0 radical (unpaired) electrons. The Morgan fingerprint density at radius 3 is 2.58 bits per heavy atom. The average Bonchev–Trinajstić information content (AvgIpc) is 2.74. The second-order valence-corrected chi connectivity index (χ2v) is 4.76. The van der Waals surface area contributed by atoms with E-state index in [0.717, 1.165) is 11.1 Å². The summed E-state index contributed by atoms with van der Waals surface area (Å²) >= 11 is 5.86. The fraction of sp³-hybridized carbons (Fsp3) is 0.267. The number of hydrogen-bond donors (Lipinski definition) is 0. The first-order valence-corrected chi connectivity index (χ1v) is 6.57. The number of aromatic nitrogens is 1. The summed E-state index contributed by atoms with van der Waals surface area (Å²) < 4.78 is 6.98. The van der Waals surface area contributed by atoms with Crippen molar-refractivity contribution in [3.8, 4) is 0 Å². The van der Waals surface area contributed by atoms with Gasteiger partial charge in [-0.3, -0.25) is 0 Å². The first-order valence-electron chi connectivity index (χ1n) is 6.19. The largest absolute Gasteiger partial charge is 0.461 e. The molecule has 1 aromatic heterocycles. The highest BCUT2D eigenvalue weighted by Gasteiger charge is 2.15. The molecule has 1 aromatic carbocycles. The van der Waals surface area contributed by atoms with Gasteiger partial charge in [0.1, 0.15) is 5.69 Å². The summed E-state index contributed by atoms with van der Waals surface area (Å²) in [4.78, 5) is 11.9. The van der Waals surface area contributed by atoms with Gasteiger partial charge < -0.3 is 9.30 Å². The van der Waals surface area contributed by atoms with Crippen LogP contribution < -0.4 is 0 Å². The Bertz CT molecular complexity index is 572. The van der Waals surface area contributed by atoms with Crippen molar-refractivity contribution in [1.29, 1.82) is 0 Å². The van der Waals surface area contributed by atoms with Gasteiger partial charge in [-0.25, -0.2) is 4.79 Å². The maximum Gasteiger partial charge on any atom is 0.355 e. The molecule has 0 saturated carbocycles. The van der Waals surface area contributed by atoms with E-state index in [1.165, 1.54) is 0 Å². The van der Waals surface area contributed by atoms with Gasteiger partial charge in [0.25, 0.3) is 0 Å². The summed E-state index contributed by atoms with van der Waals surface area (Å²) in [5.74, 6) is -0.279. The van der Waals surface area contributed by atoms with Crippen LogP contribution in [-0.4, -0.2) is 17.1 Å². The molecule has 0 saturated heterocycles. The standard InChI is InChI=1S/C15H16ClNO2/c1-3-19-15(18)14-11(2)8-9-17(14)10-12-4-6-13(16)7-5-12/h4-9H,3,10H2,1-2H3. The normalized spacial score (nSPS) is 10.5. The summed E-state index contributed by atoms with van der Waals surface area (Å²) in [6, 6.07) is 9.51. The Morgan fingerprint density at radius 1 is 1.26 bits per heavy atom. The van der Waals surface area contributed by atoms with Gasteiger partial charge in [0.15, 0.2) is 0 Å². The number of hydrogen-bond acceptors (Lipinski definition) is 2. The number of carbonyl (C=O) groups is 1. The number of halogens is 1. The van der Waals surface area contributed by atoms with Crippen LogP contribution >= 0.6 is 11.6 Å². The van der Waals surface area contributed by atoms with Gasteiger partial charge in [0.2, 0.25) is 0 Å². The number of ether oxygens (including phenoxy) is 1. The van der Waals surface area contributed by atoms with Crippen molar-refractivity contribution in [1.82, 2.24) is 4.57 Å². The number of esters is 1. The Balaban J connectivity index is 2.25. The molecule has 1 heterocycles. The van der Waals surface area contributed by atoms with E-state index in [1.54, 1.807) is 6.92 Å². The summed E-state index contributed by atoms with van der Waals surface area (Å²) in [5.41, 5.74) is 2.62. The fourth-order valence-corrected chi connectivity index (χ4v) is 2.10. The lowest BCUT2D eigenvalue weighted by atomic mass is 10.2. The zero-order chi connectivity index (χ0) is 13.8. The minimum atomic E-state index is -0.279. The molecule has 4 heteroatoms. The molecule has 0 aliphatic heterocycles. The minimum Gasteiger partial charge on any atom is -0.461 e. The molecule has 0 aliphatic rings. The summed E-state index contributed by atoms with van der Waals surface area (Å²) in [5, 5.41) is 0.707. The molecule has 0 fully saturated rings. The van der Waals surface area contributed by atoms with Crippen molar-refractivity contribution < 1.29 is 9.53 Å². The van der Waals surface area contributed by atoms with Gasteiger partial charge in [0, 0.05) is 17.8 Å². The van der Waals surface area contributed by atoms with Crippen molar-refractivity contribution >= 4 is 17.6 Å². The molecule has 0 amide bonds. The lowest BCUT2D eigenvalue weighted by Gasteiger charge is -2.10. The van der Waals surface area contributed by atoms with E-state index in [2.05, 4.69) is 0 Å². The first-order chi connectivity index (χ1) is 9.11. The molecule has 0 N–H and O–H groups in total. The maximum atomic E-state index is 11.9. The van der Waals surface area contributed by atoms with Gasteiger partial charge in [-0.05, 0) is 43.2 Å². The van der Waals surface area contributed by atoms with E-state index in [4.69, 9.17) is 16.3 Å². The molecule has 2 aromatic rings. The molecule has 0 bridgehead atoms. The number of aryl methyl sites for hydroxylation is 1. The van der Waals surface area contributed by atoms with Crippen molar-refractivity contribution in [3.05, 3.63) is 58.4 Å². The lowest BCUT2D eigenvalue weighted by Crippen LogP contribution is -2.13. The molecule has 0 spiro atoms. The van der Waals surface area contributed by atoms with Crippen molar-refractivity contribution in [3.63, 3.8) is 0 Å². The quantitative estimate of drug-likeness (QED) is 0.799. The van der Waals surface area contributed by atoms with Crippen LogP contribution in [0.1, 0.15) is 28.5 Å². The number of nitrogens with zero attached hydrogens (tertiary/aromatic N) is 1. The average molecular weight is 278 g/mol. The van der Waals surface area contributed by atoms with Gasteiger partial charge >= 0.3 is 5.97 Å². The van der Waals surface area contributed by atoms with E-state index in [9.17, 15) is 4.79 Å². The Morgan fingerprint density at radius 2 is 1.95 bits per heavy atom. The van der Waals surface area contributed by atoms with E-state index in [1.807, 2.05) is 48.0 Å². The van der Waals surface area contributed by atoms with Crippen molar-refractivity contribution in [2.45, 2.75) is 20.4 Å². The Labute approximate surface area is 117 Å². The van der Waals surface area contributed by atoms with Gasteiger partial charge in [-0.2, -0.15) is 0 Å². The molecule has 100 valence electrons. The molecular formula is C15H16ClNO2. The summed E-state index contributed by atoms with van der Waals surface area (Å²) in [7, 11) is 0. The maximum absolute atomic E-state index is 11.9. The molecule has 0 unspecified atom stereocenters. The van der Waals surface area contributed by atoms with Gasteiger partial charge in [0.05, 0.1) is 6.61 Å². The zero-order valence-corrected chi connectivity index (χ0v) is 11.8. The predicted octanol–water partition coefficient (Wildman–Crippen LogP) is 3.67. The van der Waals surface area contributed by atoms with Crippen LogP contribution in [0.15, 0.2) is 36.5 Å². The summed E-state index contributed by atoms with van der Waals surface area (Å²) in [6.07, 6.45) is 1.90. The zero-order valence-electron chi connectivity index (χ0n) is 11.0. The van der Waals surface area contributed by atoms with E-state index in [0.29, 0.717) is 23.9 Å². The van der Waals surface area contributed by atoms with Crippen LogP contribution in [0, 0.1) is 6.92 Å². The van der Waals surface area contributed by atoms with Gasteiger partial charge in [-0.1, -0.05) is 23.7 Å². The highest BCUT2D eigenvalue weighted by molar-refractivity contribution is 6.30. The monoisotopic (exact) mass is 277 g/mol. The van der Waals surface area contributed by atoms with Crippen molar-refractivity contribution in [2.24, 2.45) is 0 Å². The minimum absolute atomic E-state index is 0.279. The predicted molar refractivity (Wildman–Crippen MR) is 75.7 cm³/mol. The highest BCUT2D eigenvalue weighted by atomic mass is 35.5. The van der Waals surface area contributed by atoms with E-state index < -0.39 is 0 Å². The third-order valence-corrected chi connectivity index (χ3v) is 3.15.